The summed E-state index contributed by atoms with van der Waals surface area (Å²) in [6.45, 7) is -0.0304. The maximum atomic E-state index is 14.1. The van der Waals surface area contributed by atoms with Gasteiger partial charge in [0.15, 0.2) is 5.13 Å². The molecule has 1 amide bonds. The van der Waals surface area contributed by atoms with E-state index in [9.17, 15) is 22.4 Å². The van der Waals surface area contributed by atoms with E-state index in [1.54, 1.807) is 30.5 Å². The van der Waals surface area contributed by atoms with Gasteiger partial charge in [-0.05, 0) is 42.5 Å². The standard InChI is InChI=1S/C21H13F4N3OS/c22-16-8-4-9-17-18(16)27-20(30-17)28(12-15-7-1-2-10-26-15)19(29)13-5-3-6-14(11-13)21(23,24)25/h1-11H,12H2. The number of aromatic nitrogens is 2. The maximum Gasteiger partial charge on any atom is 0.416 e. The molecule has 0 saturated heterocycles. The number of fused-ring (bicyclic) bond motifs is 1. The van der Waals surface area contributed by atoms with Crippen molar-refractivity contribution < 1.29 is 22.4 Å². The monoisotopic (exact) mass is 431 g/mol. The number of rotatable bonds is 4. The van der Waals surface area contributed by atoms with E-state index in [0.29, 0.717) is 10.4 Å². The number of anilines is 1. The van der Waals surface area contributed by atoms with Gasteiger partial charge in [-0.3, -0.25) is 14.7 Å². The van der Waals surface area contributed by atoms with Crippen LogP contribution < -0.4 is 4.90 Å². The highest BCUT2D eigenvalue weighted by Crippen LogP contribution is 2.33. The lowest BCUT2D eigenvalue weighted by Crippen LogP contribution is -2.31. The minimum absolute atomic E-state index is 0.0304. The van der Waals surface area contributed by atoms with Gasteiger partial charge in [0.05, 0.1) is 22.5 Å². The van der Waals surface area contributed by atoms with Crippen molar-refractivity contribution in [3.63, 3.8) is 0 Å². The molecule has 30 heavy (non-hydrogen) atoms. The number of para-hydroxylation sites is 1. The molecule has 4 aromatic rings. The Balaban J connectivity index is 1.78. The second kappa shape index (κ2) is 7.83. The summed E-state index contributed by atoms with van der Waals surface area (Å²) in [7, 11) is 0. The second-order valence-corrected chi connectivity index (χ2v) is 7.38. The first-order valence-electron chi connectivity index (χ1n) is 8.77. The molecular weight excluding hydrogens is 418 g/mol. The number of carbonyl (C=O) groups excluding carboxylic acids is 1. The van der Waals surface area contributed by atoms with Gasteiger partial charge in [0, 0.05) is 11.8 Å². The number of thiazole rings is 1. The third-order valence-electron chi connectivity index (χ3n) is 4.32. The molecule has 0 N–H and O–H groups in total. The Bertz CT molecular complexity index is 1210. The van der Waals surface area contributed by atoms with E-state index in [1.807, 2.05) is 0 Å². The van der Waals surface area contributed by atoms with Crippen LogP contribution in [0.25, 0.3) is 10.2 Å². The summed E-state index contributed by atoms with van der Waals surface area (Å²) in [6.07, 6.45) is -3.04. The van der Waals surface area contributed by atoms with Crippen LogP contribution in [0, 0.1) is 5.82 Å². The summed E-state index contributed by atoms with van der Waals surface area (Å²) >= 11 is 1.08. The van der Waals surface area contributed by atoms with Crippen LogP contribution in [0.4, 0.5) is 22.7 Å². The largest absolute Gasteiger partial charge is 0.416 e. The van der Waals surface area contributed by atoms with Crippen LogP contribution in [0.3, 0.4) is 0 Å². The maximum absolute atomic E-state index is 14.1. The van der Waals surface area contributed by atoms with E-state index < -0.39 is 23.5 Å². The Morgan fingerprint density at radius 2 is 1.83 bits per heavy atom. The number of hydrogen-bond donors (Lipinski definition) is 0. The smallest absolute Gasteiger partial charge is 0.278 e. The Hall–Kier alpha value is -3.33. The molecule has 0 saturated carbocycles. The number of hydrogen-bond acceptors (Lipinski definition) is 4. The van der Waals surface area contributed by atoms with Crippen molar-refractivity contribution >= 4 is 32.6 Å². The molecule has 0 radical (unpaired) electrons. The highest BCUT2D eigenvalue weighted by molar-refractivity contribution is 7.22. The van der Waals surface area contributed by atoms with E-state index in [1.165, 1.54) is 29.2 Å². The minimum atomic E-state index is -4.58. The van der Waals surface area contributed by atoms with Gasteiger partial charge in [-0.2, -0.15) is 13.2 Å². The van der Waals surface area contributed by atoms with E-state index >= 15 is 0 Å². The number of nitrogens with zero attached hydrogens (tertiary/aromatic N) is 3. The zero-order valence-corrected chi connectivity index (χ0v) is 16.0. The third-order valence-corrected chi connectivity index (χ3v) is 5.36. The minimum Gasteiger partial charge on any atom is -0.278 e. The first-order valence-corrected chi connectivity index (χ1v) is 9.58. The van der Waals surface area contributed by atoms with Crippen LogP contribution in [-0.2, 0) is 12.7 Å². The van der Waals surface area contributed by atoms with Crippen LogP contribution in [0.15, 0.2) is 66.9 Å². The highest BCUT2D eigenvalue weighted by atomic mass is 32.1. The second-order valence-electron chi connectivity index (χ2n) is 6.37. The molecular formula is C21H13F4N3OS. The van der Waals surface area contributed by atoms with Crippen molar-refractivity contribution in [1.82, 2.24) is 9.97 Å². The average Bonchev–Trinajstić information content (AvgIpc) is 3.17. The van der Waals surface area contributed by atoms with E-state index in [4.69, 9.17) is 0 Å². The summed E-state index contributed by atoms with van der Waals surface area (Å²) < 4.78 is 53.9. The number of halogens is 4. The molecule has 0 fully saturated rings. The molecule has 4 rings (SSSR count). The van der Waals surface area contributed by atoms with Crippen LogP contribution in [0.2, 0.25) is 0 Å². The summed E-state index contributed by atoms with van der Waals surface area (Å²) in [6, 6.07) is 13.7. The van der Waals surface area contributed by atoms with Gasteiger partial charge in [-0.15, -0.1) is 0 Å². The van der Waals surface area contributed by atoms with Gasteiger partial charge in [-0.25, -0.2) is 9.37 Å². The van der Waals surface area contributed by atoms with Gasteiger partial charge in [-0.1, -0.05) is 29.5 Å². The van der Waals surface area contributed by atoms with Crippen molar-refractivity contribution in [2.45, 2.75) is 12.7 Å². The van der Waals surface area contributed by atoms with Crippen molar-refractivity contribution in [1.29, 1.82) is 0 Å². The van der Waals surface area contributed by atoms with E-state index in [-0.39, 0.29) is 22.8 Å². The molecule has 9 heteroatoms. The molecule has 0 aliphatic carbocycles. The lowest BCUT2D eigenvalue weighted by atomic mass is 10.1. The van der Waals surface area contributed by atoms with E-state index in [0.717, 1.165) is 23.5 Å². The Kier molecular flexibility index (Phi) is 5.21. The Morgan fingerprint density at radius 1 is 1.03 bits per heavy atom. The van der Waals surface area contributed by atoms with Crippen LogP contribution >= 0.6 is 11.3 Å². The highest BCUT2D eigenvalue weighted by Gasteiger charge is 2.32. The zero-order chi connectivity index (χ0) is 21.3. The summed E-state index contributed by atoms with van der Waals surface area (Å²) in [5.41, 5.74) is -0.472. The average molecular weight is 431 g/mol. The number of pyridine rings is 1. The van der Waals surface area contributed by atoms with Gasteiger partial charge in [0.25, 0.3) is 5.91 Å². The summed E-state index contributed by atoms with van der Waals surface area (Å²) in [4.78, 5) is 22.8. The fraction of sp³-hybridized carbons (Fsp3) is 0.0952. The topological polar surface area (TPSA) is 46.1 Å². The molecule has 0 aliphatic heterocycles. The molecule has 0 unspecified atom stereocenters. The summed E-state index contributed by atoms with van der Waals surface area (Å²) in [5, 5.41) is 0.170. The molecule has 0 spiro atoms. The Labute approximate surface area is 172 Å². The number of carbonyl (C=O) groups is 1. The Morgan fingerprint density at radius 3 is 2.53 bits per heavy atom. The van der Waals surface area contributed by atoms with Crippen molar-refractivity contribution in [2.24, 2.45) is 0 Å². The fourth-order valence-corrected chi connectivity index (χ4v) is 3.86. The lowest BCUT2D eigenvalue weighted by molar-refractivity contribution is -0.137. The van der Waals surface area contributed by atoms with Crippen LogP contribution in [0.1, 0.15) is 21.6 Å². The molecule has 2 aromatic carbocycles. The van der Waals surface area contributed by atoms with Gasteiger partial charge < -0.3 is 0 Å². The van der Waals surface area contributed by atoms with Crippen molar-refractivity contribution in [3.05, 3.63) is 89.5 Å². The lowest BCUT2D eigenvalue weighted by Gasteiger charge is -2.20. The molecule has 0 bridgehead atoms. The van der Waals surface area contributed by atoms with E-state index in [2.05, 4.69) is 9.97 Å². The number of benzene rings is 2. The predicted octanol–water partition coefficient (Wildman–Crippen LogP) is 5.70. The quantitative estimate of drug-likeness (QED) is 0.390. The first-order chi connectivity index (χ1) is 14.3. The van der Waals surface area contributed by atoms with Crippen LogP contribution in [0.5, 0.6) is 0 Å². The first kappa shape index (κ1) is 20.0. The van der Waals surface area contributed by atoms with Gasteiger partial charge in [0.2, 0.25) is 0 Å². The molecule has 0 aliphatic rings. The summed E-state index contributed by atoms with van der Waals surface area (Å²) in [5.74, 6) is -1.23. The number of amides is 1. The fourth-order valence-electron chi connectivity index (χ4n) is 2.88. The van der Waals surface area contributed by atoms with Crippen molar-refractivity contribution in [2.75, 3.05) is 4.90 Å². The molecule has 2 heterocycles. The molecule has 2 aromatic heterocycles. The predicted molar refractivity (Wildman–Crippen MR) is 106 cm³/mol. The SMILES string of the molecule is O=C(c1cccc(C(F)(F)F)c1)N(Cc1ccccn1)c1nc2c(F)cccc2s1. The third kappa shape index (κ3) is 4.02. The molecule has 0 atom stereocenters. The van der Waals surface area contributed by atoms with Crippen LogP contribution in [-0.4, -0.2) is 15.9 Å². The van der Waals surface area contributed by atoms with Crippen molar-refractivity contribution in [3.8, 4) is 0 Å². The molecule has 4 nitrogen and oxygen atoms in total. The normalized spacial score (nSPS) is 11.6. The zero-order valence-electron chi connectivity index (χ0n) is 15.2. The number of alkyl halides is 3. The molecule has 152 valence electrons. The van der Waals surface area contributed by atoms with Gasteiger partial charge >= 0.3 is 6.18 Å². The van der Waals surface area contributed by atoms with Gasteiger partial charge in [0.1, 0.15) is 11.3 Å².